The average Bonchev–Trinajstić information content (AvgIpc) is 2.36. The van der Waals surface area contributed by atoms with Crippen LogP contribution in [-0.2, 0) is 12.8 Å². The summed E-state index contributed by atoms with van der Waals surface area (Å²) in [5, 5.41) is 9.21. The standard InChI is InChI=1S/C14H15N3O2/c1-9-12(13(18)19)11(17-14(15)16-9)8-7-10-5-3-2-4-6-10/h2-6H,7-8H2,1H3,(H,18,19)(H2,15,16,17). The minimum Gasteiger partial charge on any atom is -0.478 e. The number of nitrogens with zero attached hydrogens (tertiary/aromatic N) is 2. The van der Waals surface area contributed by atoms with E-state index >= 15 is 0 Å². The van der Waals surface area contributed by atoms with E-state index in [1.165, 1.54) is 0 Å². The summed E-state index contributed by atoms with van der Waals surface area (Å²) in [6.07, 6.45) is 1.25. The Morgan fingerprint density at radius 2 is 1.89 bits per heavy atom. The third-order valence-electron chi connectivity index (χ3n) is 2.89. The van der Waals surface area contributed by atoms with Crippen molar-refractivity contribution in [2.24, 2.45) is 0 Å². The number of rotatable bonds is 4. The highest BCUT2D eigenvalue weighted by atomic mass is 16.4. The lowest BCUT2D eigenvalue weighted by Crippen LogP contribution is -2.12. The molecule has 19 heavy (non-hydrogen) atoms. The van der Waals surface area contributed by atoms with Gasteiger partial charge in [-0.25, -0.2) is 14.8 Å². The monoisotopic (exact) mass is 257 g/mol. The van der Waals surface area contributed by atoms with Gasteiger partial charge in [0.25, 0.3) is 0 Å². The zero-order valence-electron chi connectivity index (χ0n) is 10.6. The fraction of sp³-hybridized carbons (Fsp3) is 0.214. The minimum absolute atomic E-state index is 0.116. The number of hydrogen-bond acceptors (Lipinski definition) is 4. The predicted molar refractivity (Wildman–Crippen MR) is 72.0 cm³/mol. The van der Waals surface area contributed by atoms with Crippen molar-refractivity contribution >= 4 is 11.9 Å². The molecule has 0 aliphatic rings. The van der Waals surface area contributed by atoms with Crippen molar-refractivity contribution in [3.8, 4) is 0 Å². The van der Waals surface area contributed by atoms with Gasteiger partial charge in [0, 0.05) is 0 Å². The van der Waals surface area contributed by atoms with Crippen molar-refractivity contribution in [1.29, 1.82) is 0 Å². The first-order valence-corrected chi connectivity index (χ1v) is 5.98. The predicted octanol–water partition coefficient (Wildman–Crippen LogP) is 1.85. The van der Waals surface area contributed by atoms with Crippen LogP contribution in [0.5, 0.6) is 0 Å². The van der Waals surface area contributed by atoms with Crippen LogP contribution in [0.3, 0.4) is 0 Å². The molecular formula is C14H15N3O2. The largest absolute Gasteiger partial charge is 0.478 e. The minimum atomic E-state index is -1.01. The van der Waals surface area contributed by atoms with Crippen molar-refractivity contribution in [1.82, 2.24) is 9.97 Å². The maximum absolute atomic E-state index is 11.2. The molecule has 0 aliphatic heterocycles. The first kappa shape index (κ1) is 13.0. The Labute approximate surface area is 111 Å². The van der Waals surface area contributed by atoms with Crippen molar-refractivity contribution in [2.75, 3.05) is 5.73 Å². The van der Waals surface area contributed by atoms with Crippen molar-refractivity contribution in [3.05, 3.63) is 52.8 Å². The Bertz CT molecular complexity index is 597. The molecule has 0 bridgehead atoms. The highest BCUT2D eigenvalue weighted by molar-refractivity contribution is 5.90. The lowest BCUT2D eigenvalue weighted by molar-refractivity contribution is 0.0694. The zero-order valence-corrected chi connectivity index (χ0v) is 10.6. The molecule has 1 aromatic carbocycles. The number of carboxylic acids is 1. The SMILES string of the molecule is Cc1nc(N)nc(CCc2ccccc2)c1C(=O)O. The molecule has 0 radical (unpaired) electrons. The van der Waals surface area contributed by atoms with Crippen molar-refractivity contribution < 1.29 is 9.90 Å². The summed E-state index contributed by atoms with van der Waals surface area (Å²) in [6.45, 7) is 1.63. The molecule has 0 aliphatic carbocycles. The fourth-order valence-electron chi connectivity index (χ4n) is 2.02. The quantitative estimate of drug-likeness (QED) is 0.872. The summed E-state index contributed by atoms with van der Waals surface area (Å²) in [6, 6.07) is 9.84. The van der Waals surface area contributed by atoms with Gasteiger partial charge >= 0.3 is 5.97 Å². The fourth-order valence-corrected chi connectivity index (χ4v) is 2.02. The number of carboxylic acid groups (broad SMARTS) is 1. The zero-order chi connectivity index (χ0) is 13.8. The first-order valence-electron chi connectivity index (χ1n) is 5.98. The molecule has 3 N–H and O–H groups in total. The summed E-state index contributed by atoms with van der Waals surface area (Å²) in [5.74, 6) is -0.897. The highest BCUT2D eigenvalue weighted by Crippen LogP contribution is 2.15. The Balaban J connectivity index is 2.27. The van der Waals surface area contributed by atoms with E-state index in [1.807, 2.05) is 30.3 Å². The van der Waals surface area contributed by atoms with Crippen LogP contribution in [0.4, 0.5) is 5.95 Å². The smallest absolute Gasteiger partial charge is 0.339 e. The van der Waals surface area contributed by atoms with Crippen LogP contribution >= 0.6 is 0 Å². The van der Waals surface area contributed by atoms with E-state index in [0.29, 0.717) is 17.8 Å². The van der Waals surface area contributed by atoms with E-state index in [1.54, 1.807) is 6.92 Å². The molecule has 0 atom stereocenters. The van der Waals surface area contributed by atoms with Gasteiger partial charge in [0.05, 0.1) is 11.4 Å². The molecule has 2 rings (SSSR count). The second kappa shape index (κ2) is 5.48. The number of nitrogens with two attached hydrogens (primary N) is 1. The summed E-state index contributed by atoms with van der Waals surface area (Å²) in [4.78, 5) is 19.2. The second-order valence-corrected chi connectivity index (χ2v) is 4.28. The number of aromatic carboxylic acids is 1. The summed E-state index contributed by atoms with van der Waals surface area (Å²) < 4.78 is 0. The molecule has 0 saturated heterocycles. The van der Waals surface area contributed by atoms with E-state index in [0.717, 1.165) is 12.0 Å². The number of hydrogen-bond donors (Lipinski definition) is 2. The lowest BCUT2D eigenvalue weighted by atomic mass is 10.0. The molecule has 2 aromatic rings. The molecule has 0 fully saturated rings. The number of carbonyl (C=O) groups is 1. The normalized spacial score (nSPS) is 10.4. The molecule has 98 valence electrons. The molecule has 1 heterocycles. The second-order valence-electron chi connectivity index (χ2n) is 4.28. The average molecular weight is 257 g/mol. The molecule has 0 saturated carbocycles. The molecule has 1 aromatic heterocycles. The summed E-state index contributed by atoms with van der Waals surface area (Å²) in [7, 11) is 0. The van der Waals surface area contributed by atoms with E-state index in [-0.39, 0.29) is 11.5 Å². The molecular weight excluding hydrogens is 242 g/mol. The van der Waals surface area contributed by atoms with Crippen LogP contribution in [-0.4, -0.2) is 21.0 Å². The van der Waals surface area contributed by atoms with Gasteiger partial charge in [0.2, 0.25) is 5.95 Å². The van der Waals surface area contributed by atoms with Gasteiger partial charge in [-0.05, 0) is 25.3 Å². The van der Waals surface area contributed by atoms with E-state index < -0.39 is 5.97 Å². The number of nitrogen functional groups attached to an aromatic ring is 1. The van der Waals surface area contributed by atoms with Gasteiger partial charge in [0.15, 0.2) is 0 Å². The van der Waals surface area contributed by atoms with Gasteiger partial charge < -0.3 is 10.8 Å². The third-order valence-corrected chi connectivity index (χ3v) is 2.89. The topological polar surface area (TPSA) is 89.1 Å². The van der Waals surface area contributed by atoms with Crippen LogP contribution in [0.15, 0.2) is 30.3 Å². The lowest BCUT2D eigenvalue weighted by Gasteiger charge is -2.08. The van der Waals surface area contributed by atoms with Crippen LogP contribution in [0.25, 0.3) is 0 Å². The van der Waals surface area contributed by atoms with E-state index in [2.05, 4.69) is 9.97 Å². The van der Waals surface area contributed by atoms with Crippen LogP contribution in [0, 0.1) is 6.92 Å². The van der Waals surface area contributed by atoms with Gasteiger partial charge in [-0.1, -0.05) is 30.3 Å². The highest BCUT2D eigenvalue weighted by Gasteiger charge is 2.16. The Morgan fingerprint density at radius 3 is 2.53 bits per heavy atom. The molecule has 0 spiro atoms. The van der Waals surface area contributed by atoms with Gasteiger partial charge in [-0.15, -0.1) is 0 Å². The van der Waals surface area contributed by atoms with E-state index in [4.69, 9.17) is 5.73 Å². The Morgan fingerprint density at radius 1 is 1.21 bits per heavy atom. The van der Waals surface area contributed by atoms with Crippen LogP contribution in [0.1, 0.15) is 27.3 Å². The maximum atomic E-state index is 11.2. The number of benzene rings is 1. The van der Waals surface area contributed by atoms with Crippen molar-refractivity contribution in [3.63, 3.8) is 0 Å². The van der Waals surface area contributed by atoms with Gasteiger partial charge in [-0.2, -0.15) is 0 Å². The Kier molecular flexibility index (Phi) is 3.75. The van der Waals surface area contributed by atoms with Gasteiger partial charge in [-0.3, -0.25) is 0 Å². The number of aryl methyl sites for hydroxylation is 3. The van der Waals surface area contributed by atoms with Crippen LogP contribution < -0.4 is 5.73 Å². The summed E-state index contributed by atoms with van der Waals surface area (Å²) in [5.41, 5.74) is 7.77. The number of anilines is 1. The molecule has 0 unspecified atom stereocenters. The Hall–Kier alpha value is -2.43. The maximum Gasteiger partial charge on any atom is 0.339 e. The number of aromatic nitrogens is 2. The summed E-state index contributed by atoms with van der Waals surface area (Å²) >= 11 is 0. The molecule has 5 nitrogen and oxygen atoms in total. The van der Waals surface area contributed by atoms with E-state index in [9.17, 15) is 9.90 Å². The molecule has 5 heteroatoms. The van der Waals surface area contributed by atoms with Crippen molar-refractivity contribution in [2.45, 2.75) is 19.8 Å². The first-order chi connectivity index (χ1) is 9.08. The van der Waals surface area contributed by atoms with Crippen LogP contribution in [0.2, 0.25) is 0 Å². The van der Waals surface area contributed by atoms with Gasteiger partial charge in [0.1, 0.15) is 5.56 Å². The third kappa shape index (κ3) is 3.07. The molecule has 0 amide bonds.